The lowest BCUT2D eigenvalue weighted by Crippen LogP contribution is -2.34. The molecule has 8 heteroatoms. The van der Waals surface area contributed by atoms with E-state index in [2.05, 4.69) is 15.4 Å². The lowest BCUT2D eigenvalue weighted by molar-refractivity contribution is -0.137. The molecule has 0 bridgehead atoms. The normalized spacial score (nSPS) is 15.7. The van der Waals surface area contributed by atoms with Gasteiger partial charge in [-0.2, -0.15) is 18.3 Å². The van der Waals surface area contributed by atoms with Gasteiger partial charge < -0.3 is 10.1 Å². The van der Waals surface area contributed by atoms with Crippen molar-refractivity contribution >= 4 is 16.3 Å². The molecule has 0 aliphatic carbocycles. The Hall–Kier alpha value is -3.13. The molecule has 1 aliphatic rings. The molecule has 4 aromatic rings. The van der Waals surface area contributed by atoms with E-state index in [0.717, 1.165) is 65.8 Å². The number of halogens is 3. The molecule has 1 N–H and O–H groups in total. The van der Waals surface area contributed by atoms with Crippen LogP contribution < -0.4 is 10.1 Å². The molecule has 154 valence electrons. The van der Waals surface area contributed by atoms with Crippen LogP contribution in [0.2, 0.25) is 0 Å². The third-order valence-electron chi connectivity index (χ3n) is 5.46. The number of aromatic nitrogens is 3. The van der Waals surface area contributed by atoms with Crippen LogP contribution in [-0.2, 0) is 6.18 Å². The summed E-state index contributed by atoms with van der Waals surface area (Å²) in [5.74, 6) is 0.720. The van der Waals surface area contributed by atoms with Crippen LogP contribution in [-0.4, -0.2) is 33.8 Å². The van der Waals surface area contributed by atoms with Crippen LogP contribution >= 0.6 is 0 Å². The molecule has 0 amide bonds. The summed E-state index contributed by atoms with van der Waals surface area (Å²) in [6.45, 7) is 1.85. The second kappa shape index (κ2) is 7.28. The van der Waals surface area contributed by atoms with E-state index in [0.29, 0.717) is 5.52 Å². The van der Waals surface area contributed by atoms with Crippen LogP contribution in [0, 0.1) is 0 Å². The number of nitrogens with zero attached hydrogens (tertiary/aromatic N) is 3. The molecule has 1 fully saturated rings. The Morgan fingerprint density at radius 1 is 1.03 bits per heavy atom. The summed E-state index contributed by atoms with van der Waals surface area (Å²) in [4.78, 5) is 4.29. The number of fused-ring (bicyclic) bond motifs is 2. The molecule has 30 heavy (non-hydrogen) atoms. The first-order valence-corrected chi connectivity index (χ1v) is 9.79. The van der Waals surface area contributed by atoms with Gasteiger partial charge >= 0.3 is 6.18 Å². The first-order valence-electron chi connectivity index (χ1n) is 9.79. The minimum Gasteiger partial charge on any atom is -0.488 e. The van der Waals surface area contributed by atoms with Gasteiger partial charge in [0.2, 0.25) is 0 Å². The van der Waals surface area contributed by atoms with Gasteiger partial charge in [-0.3, -0.25) is 4.98 Å². The van der Waals surface area contributed by atoms with Crippen molar-refractivity contribution in [3.8, 4) is 16.9 Å². The fourth-order valence-electron chi connectivity index (χ4n) is 3.87. The maximum atomic E-state index is 13.0. The third-order valence-corrected chi connectivity index (χ3v) is 5.46. The Morgan fingerprint density at radius 3 is 2.67 bits per heavy atom. The number of nitrogens with one attached hydrogen (secondary N) is 1. The minimum atomic E-state index is -4.41. The van der Waals surface area contributed by atoms with Crippen LogP contribution in [0.5, 0.6) is 5.75 Å². The van der Waals surface area contributed by atoms with E-state index >= 15 is 0 Å². The predicted octanol–water partition coefficient (Wildman–Crippen LogP) is 4.70. The molecule has 4 heterocycles. The van der Waals surface area contributed by atoms with Crippen molar-refractivity contribution < 1.29 is 17.9 Å². The summed E-state index contributed by atoms with van der Waals surface area (Å²) in [6.07, 6.45) is 3.70. The van der Waals surface area contributed by atoms with Crippen molar-refractivity contribution in [3.63, 3.8) is 0 Å². The number of alkyl halides is 3. The highest BCUT2D eigenvalue weighted by Gasteiger charge is 2.31. The predicted molar refractivity (Wildman–Crippen MR) is 107 cm³/mol. The zero-order valence-corrected chi connectivity index (χ0v) is 16.0. The van der Waals surface area contributed by atoms with Crippen LogP contribution in [0.1, 0.15) is 18.4 Å². The molecular formula is C22H19F3N4O. The van der Waals surface area contributed by atoms with E-state index in [-0.39, 0.29) is 6.10 Å². The van der Waals surface area contributed by atoms with Crippen LogP contribution in [0.25, 0.3) is 27.4 Å². The summed E-state index contributed by atoms with van der Waals surface area (Å²) in [7, 11) is 0. The fraction of sp³-hybridized carbons (Fsp3) is 0.273. The van der Waals surface area contributed by atoms with Crippen molar-refractivity contribution in [3.05, 3.63) is 60.7 Å². The van der Waals surface area contributed by atoms with Gasteiger partial charge in [0.1, 0.15) is 11.9 Å². The van der Waals surface area contributed by atoms with Gasteiger partial charge in [-0.25, -0.2) is 4.52 Å². The van der Waals surface area contributed by atoms with Gasteiger partial charge in [0.05, 0.1) is 23.5 Å². The van der Waals surface area contributed by atoms with Crippen molar-refractivity contribution in [1.29, 1.82) is 0 Å². The van der Waals surface area contributed by atoms with Gasteiger partial charge in [-0.15, -0.1) is 0 Å². The lowest BCUT2D eigenvalue weighted by atomic mass is 10.0. The molecule has 0 saturated carbocycles. The summed E-state index contributed by atoms with van der Waals surface area (Å²) >= 11 is 0. The van der Waals surface area contributed by atoms with Crippen molar-refractivity contribution in [2.75, 3.05) is 13.1 Å². The van der Waals surface area contributed by atoms with Gasteiger partial charge in [-0.05, 0) is 49.7 Å². The topological polar surface area (TPSA) is 51.5 Å². The lowest BCUT2D eigenvalue weighted by Gasteiger charge is -2.24. The Bertz CT molecular complexity index is 1210. The van der Waals surface area contributed by atoms with Crippen LogP contribution in [0.3, 0.4) is 0 Å². The zero-order valence-electron chi connectivity index (χ0n) is 16.0. The largest absolute Gasteiger partial charge is 0.488 e. The SMILES string of the molecule is FC(F)(F)c1ccc2c(-c3ccc4cncc(OC5CCNCC5)c4c3)cnn2c1. The van der Waals surface area contributed by atoms with E-state index in [4.69, 9.17) is 4.74 Å². The molecule has 5 nitrogen and oxygen atoms in total. The van der Waals surface area contributed by atoms with Crippen LogP contribution in [0.4, 0.5) is 13.2 Å². The quantitative estimate of drug-likeness (QED) is 0.530. The number of pyridine rings is 2. The van der Waals surface area contributed by atoms with E-state index in [9.17, 15) is 13.2 Å². The maximum absolute atomic E-state index is 13.0. The monoisotopic (exact) mass is 412 g/mol. The first kappa shape index (κ1) is 18.9. The maximum Gasteiger partial charge on any atom is 0.417 e. The number of ether oxygens (including phenoxy) is 1. The Balaban J connectivity index is 1.55. The summed E-state index contributed by atoms with van der Waals surface area (Å²) in [6, 6.07) is 8.39. The first-order chi connectivity index (χ1) is 14.5. The number of piperidine rings is 1. The molecule has 1 aromatic carbocycles. The highest BCUT2D eigenvalue weighted by molar-refractivity contribution is 5.93. The molecule has 1 aliphatic heterocycles. The van der Waals surface area contributed by atoms with Gasteiger partial charge in [0.25, 0.3) is 0 Å². The van der Waals surface area contributed by atoms with E-state index < -0.39 is 11.7 Å². The molecule has 1 saturated heterocycles. The third kappa shape index (κ3) is 3.47. The standard InChI is InChI=1S/C22H19F3N4O/c23-22(24,25)16-3-4-20-19(11-28-29(20)13-16)14-1-2-15-10-27-12-21(18(15)9-14)30-17-5-7-26-8-6-17/h1-4,9-13,17,26H,5-8H2. The van der Waals surface area contributed by atoms with E-state index in [1.54, 1.807) is 18.6 Å². The second-order valence-electron chi connectivity index (χ2n) is 7.44. The molecule has 0 radical (unpaired) electrons. The number of benzene rings is 1. The minimum absolute atomic E-state index is 0.139. The number of hydrogen-bond donors (Lipinski definition) is 1. The zero-order chi connectivity index (χ0) is 20.7. The van der Waals surface area contributed by atoms with Crippen molar-refractivity contribution in [2.45, 2.75) is 25.1 Å². The van der Waals surface area contributed by atoms with Gasteiger partial charge in [-0.1, -0.05) is 12.1 Å². The second-order valence-corrected chi connectivity index (χ2v) is 7.44. The van der Waals surface area contributed by atoms with Crippen molar-refractivity contribution in [1.82, 2.24) is 19.9 Å². The van der Waals surface area contributed by atoms with E-state index in [1.165, 1.54) is 10.6 Å². The highest BCUT2D eigenvalue weighted by Crippen LogP contribution is 2.34. The number of hydrogen-bond acceptors (Lipinski definition) is 4. The number of rotatable bonds is 3. The average molecular weight is 412 g/mol. The average Bonchev–Trinajstić information content (AvgIpc) is 3.17. The van der Waals surface area contributed by atoms with Gasteiger partial charge in [0, 0.05) is 28.7 Å². The Labute approximate surface area is 170 Å². The van der Waals surface area contributed by atoms with Crippen molar-refractivity contribution in [2.24, 2.45) is 0 Å². The summed E-state index contributed by atoms with van der Waals surface area (Å²) in [5, 5.41) is 9.32. The summed E-state index contributed by atoms with van der Waals surface area (Å²) in [5.41, 5.74) is 1.50. The fourth-order valence-corrected chi connectivity index (χ4v) is 3.87. The molecule has 5 rings (SSSR count). The van der Waals surface area contributed by atoms with E-state index in [1.807, 2.05) is 18.2 Å². The Morgan fingerprint density at radius 2 is 1.87 bits per heavy atom. The molecule has 3 aromatic heterocycles. The molecule has 0 unspecified atom stereocenters. The van der Waals surface area contributed by atoms with Crippen LogP contribution in [0.15, 0.2) is 55.1 Å². The molecular weight excluding hydrogens is 393 g/mol. The summed E-state index contributed by atoms with van der Waals surface area (Å²) < 4.78 is 46.5. The highest BCUT2D eigenvalue weighted by atomic mass is 19.4. The smallest absolute Gasteiger partial charge is 0.417 e. The van der Waals surface area contributed by atoms with Gasteiger partial charge in [0.15, 0.2) is 0 Å². The molecule has 0 spiro atoms. The Kier molecular flexibility index (Phi) is 4.58. The molecule has 0 atom stereocenters.